The summed E-state index contributed by atoms with van der Waals surface area (Å²) in [7, 11) is 0. The second-order valence-corrected chi connectivity index (χ2v) is 8.77. The van der Waals surface area contributed by atoms with Crippen molar-refractivity contribution in [3.8, 4) is 11.3 Å². The van der Waals surface area contributed by atoms with Gasteiger partial charge in [0.05, 0.1) is 0 Å². The fraction of sp³-hybridized carbons (Fsp3) is 0.364. The molecular formula is C22H26BN. The highest BCUT2D eigenvalue weighted by Crippen LogP contribution is 2.52. The van der Waals surface area contributed by atoms with E-state index in [-0.39, 0.29) is 0 Å². The Balaban J connectivity index is 1.70. The second kappa shape index (κ2) is 5.27. The molecule has 1 aliphatic rings. The molecule has 0 radical (unpaired) electrons. The third kappa shape index (κ3) is 2.49. The molecule has 0 saturated carbocycles. The lowest BCUT2D eigenvalue weighted by Crippen LogP contribution is -2.27. The molecule has 3 aromatic rings. The summed E-state index contributed by atoms with van der Waals surface area (Å²) in [5, 5.41) is 1.30. The minimum Gasteiger partial charge on any atom is -0.355 e. The maximum Gasteiger partial charge on any atom is 0.177 e. The van der Waals surface area contributed by atoms with Crippen LogP contribution in [-0.4, -0.2) is 11.7 Å². The predicted molar refractivity (Wildman–Crippen MR) is 106 cm³/mol. The summed E-state index contributed by atoms with van der Waals surface area (Å²) in [5.41, 5.74) is 6.00. The minimum atomic E-state index is 0.400. The minimum absolute atomic E-state index is 0.400. The molecule has 2 heterocycles. The molecule has 24 heavy (non-hydrogen) atoms. The number of fused-ring (bicyclic) bond motifs is 1. The SMILES string of the molecule is CC1(C)CB(c2ccc3cc(-c4ccccc4)[nH]c3c2)CC1(C)C. The van der Waals surface area contributed by atoms with E-state index in [2.05, 4.69) is 87.3 Å². The average molecular weight is 315 g/mol. The van der Waals surface area contributed by atoms with Gasteiger partial charge in [-0.25, -0.2) is 0 Å². The van der Waals surface area contributed by atoms with Gasteiger partial charge in [-0.15, -0.1) is 0 Å². The van der Waals surface area contributed by atoms with Gasteiger partial charge >= 0.3 is 0 Å². The van der Waals surface area contributed by atoms with Gasteiger partial charge in [-0.2, -0.15) is 0 Å². The molecule has 1 aliphatic heterocycles. The van der Waals surface area contributed by atoms with Crippen LogP contribution in [0.4, 0.5) is 0 Å². The van der Waals surface area contributed by atoms with Crippen LogP contribution in [-0.2, 0) is 0 Å². The lowest BCUT2D eigenvalue weighted by molar-refractivity contribution is 0.177. The van der Waals surface area contributed by atoms with Gasteiger partial charge < -0.3 is 4.98 Å². The van der Waals surface area contributed by atoms with Gasteiger partial charge in [-0.1, -0.05) is 88.3 Å². The summed E-state index contributed by atoms with van der Waals surface area (Å²) < 4.78 is 0. The van der Waals surface area contributed by atoms with Crippen molar-refractivity contribution in [2.75, 3.05) is 0 Å². The zero-order chi connectivity index (χ0) is 16.9. The first-order valence-electron chi connectivity index (χ1n) is 9.04. The number of nitrogens with one attached hydrogen (secondary N) is 1. The summed E-state index contributed by atoms with van der Waals surface area (Å²) in [4.78, 5) is 3.62. The van der Waals surface area contributed by atoms with Crippen molar-refractivity contribution in [1.82, 2.24) is 4.98 Å². The van der Waals surface area contributed by atoms with Crippen molar-refractivity contribution in [1.29, 1.82) is 0 Å². The van der Waals surface area contributed by atoms with Crippen LogP contribution >= 0.6 is 0 Å². The van der Waals surface area contributed by atoms with Crippen molar-refractivity contribution in [3.05, 3.63) is 54.6 Å². The molecule has 1 fully saturated rings. The molecule has 4 rings (SSSR count). The van der Waals surface area contributed by atoms with Gasteiger partial charge in [-0.3, -0.25) is 0 Å². The molecule has 0 bridgehead atoms. The Bertz CT molecular complexity index is 857. The second-order valence-electron chi connectivity index (χ2n) is 8.77. The monoisotopic (exact) mass is 315 g/mol. The first-order chi connectivity index (χ1) is 11.4. The molecule has 1 N–H and O–H groups in total. The van der Waals surface area contributed by atoms with Crippen LogP contribution < -0.4 is 5.46 Å². The molecule has 1 saturated heterocycles. The fourth-order valence-electron chi connectivity index (χ4n) is 4.26. The molecule has 0 spiro atoms. The average Bonchev–Trinajstić information content (AvgIpc) is 3.06. The smallest absolute Gasteiger partial charge is 0.177 e. The highest BCUT2D eigenvalue weighted by molar-refractivity contribution is 6.74. The summed E-state index contributed by atoms with van der Waals surface area (Å²) in [6, 6.07) is 19.8. The Hall–Kier alpha value is -1.96. The zero-order valence-electron chi connectivity index (χ0n) is 15.2. The molecule has 2 heteroatoms. The van der Waals surface area contributed by atoms with Crippen molar-refractivity contribution in [2.45, 2.75) is 40.3 Å². The Morgan fingerprint density at radius 2 is 1.50 bits per heavy atom. The van der Waals surface area contributed by atoms with Crippen LogP contribution in [0.1, 0.15) is 27.7 Å². The van der Waals surface area contributed by atoms with E-state index in [1.54, 1.807) is 0 Å². The number of hydrogen-bond acceptors (Lipinski definition) is 0. The van der Waals surface area contributed by atoms with Gasteiger partial charge in [0, 0.05) is 11.2 Å². The van der Waals surface area contributed by atoms with E-state index in [4.69, 9.17) is 0 Å². The molecule has 0 amide bonds. The van der Waals surface area contributed by atoms with E-state index in [9.17, 15) is 0 Å². The highest BCUT2D eigenvalue weighted by Gasteiger charge is 2.47. The molecule has 1 nitrogen and oxygen atoms in total. The lowest BCUT2D eigenvalue weighted by Gasteiger charge is -2.35. The summed E-state index contributed by atoms with van der Waals surface area (Å²) in [6.45, 7) is 10.4. The molecule has 0 atom stereocenters. The predicted octanol–water partition coefficient (Wildman–Crippen LogP) is 5.60. The number of H-pyrrole nitrogens is 1. The fourth-order valence-corrected chi connectivity index (χ4v) is 4.26. The largest absolute Gasteiger partial charge is 0.355 e. The first kappa shape index (κ1) is 15.6. The van der Waals surface area contributed by atoms with Crippen molar-refractivity contribution in [3.63, 3.8) is 0 Å². The van der Waals surface area contributed by atoms with E-state index >= 15 is 0 Å². The molecule has 2 aromatic carbocycles. The number of aromatic nitrogens is 1. The van der Waals surface area contributed by atoms with Crippen LogP contribution in [0.3, 0.4) is 0 Å². The molecule has 0 aliphatic carbocycles. The van der Waals surface area contributed by atoms with Crippen LogP contribution in [0.2, 0.25) is 12.6 Å². The zero-order valence-corrected chi connectivity index (χ0v) is 15.2. The number of aromatic amines is 1. The van der Waals surface area contributed by atoms with Gasteiger partial charge in [0.15, 0.2) is 6.71 Å². The Morgan fingerprint density at radius 1 is 0.833 bits per heavy atom. The molecular weight excluding hydrogens is 289 g/mol. The van der Waals surface area contributed by atoms with Crippen LogP contribution in [0.5, 0.6) is 0 Å². The quantitative estimate of drug-likeness (QED) is 0.592. The first-order valence-corrected chi connectivity index (χ1v) is 9.04. The number of benzene rings is 2. The van der Waals surface area contributed by atoms with Crippen LogP contribution in [0.25, 0.3) is 22.2 Å². The molecule has 0 unspecified atom stereocenters. The Morgan fingerprint density at radius 3 is 2.17 bits per heavy atom. The molecule has 122 valence electrons. The Kier molecular flexibility index (Phi) is 3.42. The van der Waals surface area contributed by atoms with Crippen molar-refractivity contribution >= 4 is 23.1 Å². The van der Waals surface area contributed by atoms with Crippen molar-refractivity contribution < 1.29 is 0 Å². The lowest BCUT2D eigenvalue weighted by atomic mass is 9.42. The Labute approximate surface area is 145 Å². The van der Waals surface area contributed by atoms with Gasteiger partial charge in [0.1, 0.15) is 0 Å². The molecule has 1 aromatic heterocycles. The van der Waals surface area contributed by atoms with Gasteiger partial charge in [0.2, 0.25) is 0 Å². The van der Waals surface area contributed by atoms with Gasteiger partial charge in [0.25, 0.3) is 0 Å². The third-order valence-corrected chi connectivity index (χ3v) is 6.55. The van der Waals surface area contributed by atoms with E-state index in [1.165, 1.54) is 40.3 Å². The number of hydrogen-bond donors (Lipinski definition) is 1. The van der Waals surface area contributed by atoms with E-state index in [0.29, 0.717) is 17.5 Å². The third-order valence-electron chi connectivity index (χ3n) is 6.55. The van der Waals surface area contributed by atoms with Gasteiger partial charge in [-0.05, 0) is 33.9 Å². The maximum atomic E-state index is 3.62. The van der Waals surface area contributed by atoms with Crippen LogP contribution in [0, 0.1) is 10.8 Å². The van der Waals surface area contributed by atoms with E-state index in [1.807, 2.05) is 0 Å². The maximum absolute atomic E-state index is 3.62. The van der Waals surface area contributed by atoms with E-state index < -0.39 is 0 Å². The topological polar surface area (TPSA) is 15.8 Å². The summed E-state index contributed by atoms with van der Waals surface area (Å²) in [6.07, 6.45) is 2.55. The summed E-state index contributed by atoms with van der Waals surface area (Å²) >= 11 is 0. The highest BCUT2D eigenvalue weighted by atomic mass is 14.7. The number of rotatable bonds is 2. The van der Waals surface area contributed by atoms with Crippen molar-refractivity contribution in [2.24, 2.45) is 10.8 Å². The van der Waals surface area contributed by atoms with Crippen LogP contribution in [0.15, 0.2) is 54.6 Å². The normalized spacial score (nSPS) is 19.1. The van der Waals surface area contributed by atoms with E-state index in [0.717, 1.165) is 0 Å². The standard InChI is InChI=1S/C22H26BN/c1-21(2)14-23(15-22(21,3)4)18-11-10-17-12-19(24-20(17)13-18)16-8-6-5-7-9-16/h5-13,24H,14-15H2,1-4H3. The summed E-state index contributed by atoms with van der Waals surface area (Å²) in [5.74, 6) is 0.